The Morgan fingerprint density at radius 2 is 1.89 bits per heavy atom. The van der Waals surface area contributed by atoms with Crippen LogP contribution < -0.4 is 0 Å². The fourth-order valence-electron chi connectivity index (χ4n) is 1.65. The van der Waals surface area contributed by atoms with Crippen LogP contribution in [0.5, 0.6) is 0 Å². The van der Waals surface area contributed by atoms with E-state index in [1.54, 1.807) is 6.92 Å². The average Bonchev–Trinajstić information content (AvgIpc) is 2.76. The van der Waals surface area contributed by atoms with Gasteiger partial charge in [0.05, 0.1) is 11.3 Å². The van der Waals surface area contributed by atoms with E-state index in [9.17, 15) is 0 Å². The standard InChI is InChI=1S/C13H13N3OS/c1-8-4-9(2)6-11(5-8)12-15-16-13(17-12)18-10(3)7-14/h4-6,10H,1-3H3/t10-/m1/s1. The van der Waals surface area contributed by atoms with Gasteiger partial charge in [0.15, 0.2) is 0 Å². The number of thioether (sulfide) groups is 1. The van der Waals surface area contributed by atoms with Crippen molar-refractivity contribution in [1.29, 1.82) is 5.26 Å². The fraction of sp³-hybridized carbons (Fsp3) is 0.308. The maximum absolute atomic E-state index is 8.73. The zero-order valence-corrected chi connectivity index (χ0v) is 11.3. The van der Waals surface area contributed by atoms with Crippen molar-refractivity contribution in [1.82, 2.24) is 10.2 Å². The average molecular weight is 259 g/mol. The lowest BCUT2D eigenvalue weighted by Crippen LogP contribution is -1.88. The van der Waals surface area contributed by atoms with Gasteiger partial charge in [-0.25, -0.2) is 0 Å². The third-order valence-electron chi connectivity index (χ3n) is 2.33. The molecule has 18 heavy (non-hydrogen) atoms. The number of aromatic nitrogens is 2. The molecule has 0 radical (unpaired) electrons. The molecule has 1 atom stereocenters. The summed E-state index contributed by atoms with van der Waals surface area (Å²) in [5, 5.41) is 16.9. The number of benzene rings is 1. The quantitative estimate of drug-likeness (QED) is 0.791. The predicted octanol–water partition coefficient (Wildman–Crippen LogP) is 3.36. The first-order chi connectivity index (χ1) is 8.58. The second-order valence-electron chi connectivity index (χ2n) is 4.14. The van der Waals surface area contributed by atoms with Crippen LogP contribution in [-0.2, 0) is 0 Å². The SMILES string of the molecule is Cc1cc(C)cc(-c2nnc(S[C@H](C)C#N)o2)c1. The van der Waals surface area contributed by atoms with Crippen molar-refractivity contribution in [3.05, 3.63) is 29.3 Å². The largest absolute Gasteiger partial charge is 0.411 e. The molecule has 5 heteroatoms. The van der Waals surface area contributed by atoms with Crippen LogP contribution in [0.3, 0.4) is 0 Å². The van der Waals surface area contributed by atoms with E-state index >= 15 is 0 Å². The van der Waals surface area contributed by atoms with Gasteiger partial charge < -0.3 is 4.42 Å². The minimum absolute atomic E-state index is 0.197. The van der Waals surface area contributed by atoms with E-state index in [4.69, 9.17) is 9.68 Å². The Hall–Kier alpha value is -1.80. The number of hydrogen-bond acceptors (Lipinski definition) is 5. The molecule has 0 saturated carbocycles. The molecule has 2 rings (SSSR count). The Labute approximate surface area is 110 Å². The Kier molecular flexibility index (Phi) is 3.68. The molecular weight excluding hydrogens is 246 g/mol. The Morgan fingerprint density at radius 3 is 2.50 bits per heavy atom. The van der Waals surface area contributed by atoms with Crippen molar-refractivity contribution in [3.63, 3.8) is 0 Å². The smallest absolute Gasteiger partial charge is 0.278 e. The summed E-state index contributed by atoms with van der Waals surface area (Å²) < 4.78 is 5.54. The normalized spacial score (nSPS) is 12.1. The summed E-state index contributed by atoms with van der Waals surface area (Å²) in [6.45, 7) is 5.85. The molecular formula is C13H13N3OS. The number of rotatable bonds is 3. The molecule has 2 aromatic rings. The summed E-state index contributed by atoms with van der Waals surface area (Å²) >= 11 is 1.27. The Morgan fingerprint density at radius 1 is 1.22 bits per heavy atom. The summed E-state index contributed by atoms with van der Waals surface area (Å²) in [5.74, 6) is 0.495. The molecule has 0 aliphatic heterocycles. The van der Waals surface area contributed by atoms with Crippen LogP contribution in [0.2, 0.25) is 0 Å². The van der Waals surface area contributed by atoms with Gasteiger partial charge in [-0.05, 0) is 44.7 Å². The zero-order chi connectivity index (χ0) is 13.1. The first-order valence-electron chi connectivity index (χ1n) is 5.57. The molecule has 0 saturated heterocycles. The van der Waals surface area contributed by atoms with E-state index in [1.807, 2.05) is 26.0 Å². The lowest BCUT2D eigenvalue weighted by Gasteiger charge is -2.00. The second-order valence-corrected chi connectivity index (χ2v) is 5.43. The molecule has 0 bridgehead atoms. The molecule has 1 heterocycles. The van der Waals surface area contributed by atoms with Gasteiger partial charge in [0, 0.05) is 5.56 Å². The van der Waals surface area contributed by atoms with Crippen molar-refractivity contribution in [3.8, 4) is 17.5 Å². The minimum atomic E-state index is -0.197. The van der Waals surface area contributed by atoms with E-state index in [-0.39, 0.29) is 5.25 Å². The number of hydrogen-bond donors (Lipinski definition) is 0. The van der Waals surface area contributed by atoms with Crippen LogP contribution in [-0.4, -0.2) is 15.4 Å². The fourth-order valence-corrected chi connectivity index (χ4v) is 2.22. The minimum Gasteiger partial charge on any atom is -0.411 e. The topological polar surface area (TPSA) is 62.7 Å². The van der Waals surface area contributed by atoms with Crippen molar-refractivity contribution < 1.29 is 4.42 Å². The molecule has 0 fully saturated rings. The summed E-state index contributed by atoms with van der Waals surface area (Å²) in [4.78, 5) is 0. The third kappa shape index (κ3) is 2.90. The summed E-state index contributed by atoms with van der Waals surface area (Å²) in [6.07, 6.45) is 0. The highest BCUT2D eigenvalue weighted by molar-refractivity contribution is 7.99. The van der Waals surface area contributed by atoms with Crippen LogP contribution in [0, 0.1) is 25.2 Å². The molecule has 92 valence electrons. The highest BCUT2D eigenvalue weighted by atomic mass is 32.2. The first-order valence-corrected chi connectivity index (χ1v) is 6.45. The van der Waals surface area contributed by atoms with E-state index in [2.05, 4.69) is 22.3 Å². The van der Waals surface area contributed by atoms with E-state index < -0.39 is 0 Å². The number of aryl methyl sites for hydroxylation is 2. The van der Waals surface area contributed by atoms with Gasteiger partial charge in [0.25, 0.3) is 5.22 Å². The highest BCUT2D eigenvalue weighted by Gasteiger charge is 2.12. The van der Waals surface area contributed by atoms with Crippen LogP contribution in [0.15, 0.2) is 27.8 Å². The van der Waals surface area contributed by atoms with E-state index in [0.29, 0.717) is 11.1 Å². The van der Waals surface area contributed by atoms with Gasteiger partial charge >= 0.3 is 0 Å². The van der Waals surface area contributed by atoms with Crippen molar-refractivity contribution in [2.24, 2.45) is 0 Å². The number of nitrogens with zero attached hydrogens (tertiary/aromatic N) is 3. The maximum atomic E-state index is 8.73. The van der Waals surface area contributed by atoms with Gasteiger partial charge in [-0.1, -0.05) is 17.2 Å². The molecule has 4 nitrogen and oxygen atoms in total. The molecule has 0 aliphatic rings. The van der Waals surface area contributed by atoms with Crippen LogP contribution in [0.25, 0.3) is 11.5 Å². The van der Waals surface area contributed by atoms with Crippen molar-refractivity contribution in [2.75, 3.05) is 0 Å². The maximum Gasteiger partial charge on any atom is 0.278 e. The third-order valence-corrected chi connectivity index (χ3v) is 3.16. The molecule has 0 N–H and O–H groups in total. The molecule has 0 amide bonds. The van der Waals surface area contributed by atoms with Gasteiger partial charge in [0.2, 0.25) is 5.89 Å². The molecule has 0 spiro atoms. The van der Waals surface area contributed by atoms with Crippen molar-refractivity contribution in [2.45, 2.75) is 31.2 Å². The molecule has 1 aromatic carbocycles. The lowest BCUT2D eigenvalue weighted by atomic mass is 10.1. The zero-order valence-electron chi connectivity index (χ0n) is 10.5. The van der Waals surface area contributed by atoms with Gasteiger partial charge in [0.1, 0.15) is 0 Å². The van der Waals surface area contributed by atoms with Crippen LogP contribution in [0.1, 0.15) is 18.1 Å². The summed E-state index contributed by atoms with van der Waals surface area (Å²) in [5.41, 5.74) is 3.22. The van der Waals surface area contributed by atoms with E-state index in [0.717, 1.165) is 16.7 Å². The van der Waals surface area contributed by atoms with Gasteiger partial charge in [-0.3, -0.25) is 0 Å². The first kappa shape index (κ1) is 12.7. The van der Waals surface area contributed by atoms with Crippen molar-refractivity contribution >= 4 is 11.8 Å². The molecule has 0 unspecified atom stereocenters. The van der Waals surface area contributed by atoms with Gasteiger partial charge in [-0.15, -0.1) is 10.2 Å². The highest BCUT2D eigenvalue weighted by Crippen LogP contribution is 2.26. The Bertz CT molecular complexity index is 580. The molecule has 1 aromatic heterocycles. The second kappa shape index (κ2) is 5.23. The predicted molar refractivity (Wildman–Crippen MR) is 70.1 cm³/mol. The summed E-state index contributed by atoms with van der Waals surface area (Å²) in [6, 6.07) is 8.21. The Balaban J connectivity index is 2.27. The van der Waals surface area contributed by atoms with Crippen LogP contribution >= 0.6 is 11.8 Å². The molecule has 0 aliphatic carbocycles. The van der Waals surface area contributed by atoms with Crippen LogP contribution in [0.4, 0.5) is 0 Å². The lowest BCUT2D eigenvalue weighted by molar-refractivity contribution is 0.465. The van der Waals surface area contributed by atoms with E-state index in [1.165, 1.54) is 11.8 Å². The monoisotopic (exact) mass is 259 g/mol. The summed E-state index contributed by atoms with van der Waals surface area (Å²) in [7, 11) is 0. The van der Waals surface area contributed by atoms with Gasteiger partial charge in [-0.2, -0.15) is 5.26 Å². The number of nitriles is 1.